The number of amides is 2. The summed E-state index contributed by atoms with van der Waals surface area (Å²) in [4.78, 5) is 20.8. The van der Waals surface area contributed by atoms with E-state index < -0.39 is 0 Å². The van der Waals surface area contributed by atoms with Crippen molar-refractivity contribution in [2.24, 2.45) is 5.41 Å². The summed E-state index contributed by atoms with van der Waals surface area (Å²) in [6, 6.07) is 8.36. The van der Waals surface area contributed by atoms with Gasteiger partial charge in [-0.05, 0) is 38.2 Å². The van der Waals surface area contributed by atoms with Crippen molar-refractivity contribution in [3.8, 4) is 0 Å². The molecule has 0 bridgehead atoms. The molecule has 6 heteroatoms. The first kappa shape index (κ1) is 24.2. The molecule has 0 unspecified atom stereocenters. The average molecular weight is 453 g/mol. The number of rotatable bonds is 6. The van der Waals surface area contributed by atoms with Gasteiger partial charge in [-0.3, -0.25) is 9.80 Å². The topological polar surface area (TPSA) is 41.4 Å². The van der Waals surface area contributed by atoms with E-state index in [4.69, 9.17) is 4.98 Å². The summed E-state index contributed by atoms with van der Waals surface area (Å²) in [5.41, 5.74) is 5.30. The molecule has 2 aromatic rings. The number of nitrogens with zero attached hydrogens (tertiary/aromatic N) is 4. The number of urea groups is 1. The largest absolute Gasteiger partial charge is 0.329 e. The van der Waals surface area contributed by atoms with E-state index in [1.807, 2.05) is 0 Å². The molecule has 0 saturated heterocycles. The number of hydrogen-bond acceptors (Lipinski definition) is 3. The molecule has 0 aliphatic carbocycles. The number of carbonyl (C=O) groups excluding carboxylic acids is 1. The molecule has 1 aromatic heterocycles. The first-order chi connectivity index (χ1) is 14.7. The molecule has 0 radical (unpaired) electrons. The van der Waals surface area contributed by atoms with Gasteiger partial charge >= 0.3 is 6.03 Å². The molecular formula is C26H36N4OS. The highest BCUT2D eigenvalue weighted by Crippen LogP contribution is 2.44. The Kier molecular flexibility index (Phi) is 6.40. The number of aryl methyl sites for hydroxylation is 1. The Morgan fingerprint density at radius 2 is 1.78 bits per heavy atom. The third-order valence-electron chi connectivity index (χ3n) is 5.85. The predicted octanol–water partition coefficient (Wildman–Crippen LogP) is 6.58. The molecule has 0 fully saturated rings. The van der Waals surface area contributed by atoms with Crippen LogP contribution < -0.4 is 4.90 Å². The van der Waals surface area contributed by atoms with Gasteiger partial charge in [0.1, 0.15) is 5.69 Å². The van der Waals surface area contributed by atoms with Gasteiger partial charge in [0.25, 0.3) is 0 Å². The molecule has 1 aliphatic rings. The Morgan fingerprint density at radius 3 is 2.38 bits per heavy atom. The molecule has 3 rings (SSSR count). The standard InChI is InChI=1S/C26H36N4OS/c1-17-12-11-13-20(14-17)16-30-21-19(3)28(9)24(31)29(10)22(21)27-23(30)32-26(7,8)18(2)15-25(4,5)6/h11-14H,2-3,15-16H2,1,4-10H3. The fraction of sp³-hybridized carbons (Fsp3) is 0.462. The second kappa shape index (κ2) is 8.47. The molecule has 1 aromatic carbocycles. The van der Waals surface area contributed by atoms with Gasteiger partial charge < -0.3 is 4.57 Å². The van der Waals surface area contributed by atoms with Gasteiger partial charge in [0, 0.05) is 18.8 Å². The number of carbonyl (C=O) groups is 1. The average Bonchev–Trinajstić information content (AvgIpc) is 3.01. The van der Waals surface area contributed by atoms with E-state index in [1.54, 1.807) is 35.7 Å². The first-order valence-corrected chi connectivity index (χ1v) is 11.8. The molecule has 172 valence electrons. The maximum atomic E-state index is 12.7. The van der Waals surface area contributed by atoms with E-state index in [0.717, 1.165) is 17.3 Å². The second-order valence-electron chi connectivity index (χ2n) is 10.4. The minimum atomic E-state index is -0.221. The summed E-state index contributed by atoms with van der Waals surface area (Å²) in [6.45, 7) is 22.5. The fourth-order valence-electron chi connectivity index (χ4n) is 3.90. The highest BCUT2D eigenvalue weighted by molar-refractivity contribution is 8.00. The van der Waals surface area contributed by atoms with Crippen molar-refractivity contribution < 1.29 is 4.79 Å². The van der Waals surface area contributed by atoms with E-state index in [1.165, 1.54) is 16.7 Å². The van der Waals surface area contributed by atoms with E-state index in [2.05, 4.69) is 83.5 Å². The number of anilines is 1. The first-order valence-electron chi connectivity index (χ1n) is 11.0. The molecule has 2 amide bonds. The maximum Gasteiger partial charge on any atom is 0.329 e. The Balaban J connectivity index is 2.09. The SMILES string of the molecule is C=C1c2c(nc(SC(C)(C)C(=C)CC(C)(C)C)n2Cc2cccc(C)c2)N(C)C(=O)N1C. The highest BCUT2D eigenvalue weighted by atomic mass is 32.2. The third kappa shape index (κ3) is 4.80. The Morgan fingerprint density at radius 1 is 1.12 bits per heavy atom. The summed E-state index contributed by atoms with van der Waals surface area (Å²) in [5, 5.41) is 0.868. The summed E-state index contributed by atoms with van der Waals surface area (Å²) in [7, 11) is 3.53. The molecule has 32 heavy (non-hydrogen) atoms. The second-order valence-corrected chi connectivity index (χ2v) is 12.0. The van der Waals surface area contributed by atoms with E-state index in [-0.39, 0.29) is 16.2 Å². The Labute approximate surface area is 197 Å². The molecule has 1 aliphatic heterocycles. The lowest BCUT2D eigenvalue weighted by molar-refractivity contribution is 0.230. The minimum absolute atomic E-state index is 0.129. The molecule has 2 heterocycles. The van der Waals surface area contributed by atoms with Crippen molar-refractivity contribution >= 4 is 29.3 Å². The molecule has 5 nitrogen and oxygen atoms in total. The van der Waals surface area contributed by atoms with Gasteiger partial charge in [-0.25, -0.2) is 9.78 Å². The van der Waals surface area contributed by atoms with Crippen molar-refractivity contribution in [1.82, 2.24) is 14.5 Å². The van der Waals surface area contributed by atoms with Crippen LogP contribution in [0.5, 0.6) is 0 Å². The normalized spacial score (nSPS) is 14.8. The number of benzene rings is 1. The van der Waals surface area contributed by atoms with Crippen LogP contribution in [0.4, 0.5) is 10.6 Å². The van der Waals surface area contributed by atoms with Gasteiger partial charge in [0.05, 0.1) is 12.2 Å². The van der Waals surface area contributed by atoms with Crippen LogP contribution in [0.1, 0.15) is 57.9 Å². The van der Waals surface area contributed by atoms with Gasteiger partial charge in [0.15, 0.2) is 11.0 Å². The van der Waals surface area contributed by atoms with E-state index in [9.17, 15) is 4.79 Å². The van der Waals surface area contributed by atoms with Crippen molar-refractivity contribution in [3.05, 3.63) is 59.8 Å². The lowest BCUT2D eigenvalue weighted by Gasteiger charge is -2.32. The van der Waals surface area contributed by atoms with Crippen LogP contribution in [-0.2, 0) is 6.54 Å². The van der Waals surface area contributed by atoms with Crippen molar-refractivity contribution in [3.63, 3.8) is 0 Å². The monoisotopic (exact) mass is 452 g/mol. The Bertz CT molecular complexity index is 1070. The van der Waals surface area contributed by atoms with Crippen LogP contribution in [0.25, 0.3) is 5.70 Å². The highest BCUT2D eigenvalue weighted by Gasteiger charge is 2.36. The van der Waals surface area contributed by atoms with Crippen LogP contribution in [0.2, 0.25) is 0 Å². The van der Waals surface area contributed by atoms with Crippen LogP contribution in [0.3, 0.4) is 0 Å². The minimum Gasteiger partial charge on any atom is -0.311 e. The van der Waals surface area contributed by atoms with E-state index in [0.29, 0.717) is 18.1 Å². The number of fused-ring (bicyclic) bond motifs is 1. The molecule has 0 N–H and O–H groups in total. The number of imidazole rings is 1. The number of thioether (sulfide) groups is 1. The summed E-state index contributed by atoms with van der Waals surface area (Å²) in [5.74, 6) is 0.658. The summed E-state index contributed by atoms with van der Waals surface area (Å²) < 4.78 is 1.98. The number of aromatic nitrogens is 2. The smallest absolute Gasteiger partial charge is 0.311 e. The zero-order valence-electron chi connectivity index (χ0n) is 20.7. The molecular weight excluding hydrogens is 416 g/mol. The summed E-state index contributed by atoms with van der Waals surface area (Å²) >= 11 is 1.70. The van der Waals surface area contributed by atoms with Crippen molar-refractivity contribution in [1.29, 1.82) is 0 Å². The van der Waals surface area contributed by atoms with Crippen molar-refractivity contribution in [2.75, 3.05) is 19.0 Å². The van der Waals surface area contributed by atoms with Gasteiger partial charge in [-0.1, -0.05) is 81.1 Å². The quantitative estimate of drug-likeness (QED) is 0.367. The van der Waals surface area contributed by atoms with Crippen LogP contribution in [-0.4, -0.2) is 39.3 Å². The Hall–Kier alpha value is -2.47. The van der Waals surface area contributed by atoms with E-state index >= 15 is 0 Å². The van der Waals surface area contributed by atoms with Crippen molar-refractivity contribution in [2.45, 2.75) is 64.4 Å². The lowest BCUT2D eigenvalue weighted by Crippen LogP contribution is -2.42. The third-order valence-corrected chi connectivity index (χ3v) is 7.14. The van der Waals surface area contributed by atoms with Crippen LogP contribution in [0, 0.1) is 12.3 Å². The van der Waals surface area contributed by atoms with Gasteiger partial charge in [0.2, 0.25) is 0 Å². The van der Waals surface area contributed by atoms with Gasteiger partial charge in [-0.15, -0.1) is 0 Å². The van der Waals surface area contributed by atoms with Crippen LogP contribution in [0.15, 0.2) is 48.2 Å². The number of hydrogen-bond donors (Lipinski definition) is 0. The maximum absolute atomic E-state index is 12.7. The molecule has 0 saturated carbocycles. The predicted molar refractivity (Wildman–Crippen MR) is 136 cm³/mol. The van der Waals surface area contributed by atoms with Gasteiger partial charge in [-0.2, -0.15) is 0 Å². The summed E-state index contributed by atoms with van der Waals surface area (Å²) in [6.07, 6.45) is 0.930. The molecule has 0 spiro atoms. The lowest BCUT2D eigenvalue weighted by atomic mass is 9.84. The fourth-order valence-corrected chi connectivity index (χ4v) is 4.97. The van der Waals surface area contributed by atoms with Crippen LogP contribution >= 0.6 is 11.8 Å². The zero-order chi connectivity index (χ0) is 24.0. The zero-order valence-corrected chi connectivity index (χ0v) is 21.6. The molecule has 0 atom stereocenters.